The fourth-order valence-corrected chi connectivity index (χ4v) is 1.95. The lowest BCUT2D eigenvalue weighted by molar-refractivity contribution is -0.131. The van der Waals surface area contributed by atoms with Crippen LogP contribution < -0.4 is 4.74 Å². The van der Waals surface area contributed by atoms with Gasteiger partial charge in [-0.3, -0.25) is 4.79 Å². The van der Waals surface area contributed by atoms with Crippen LogP contribution in [0.1, 0.15) is 56.3 Å². The van der Waals surface area contributed by atoms with E-state index in [1.165, 1.54) is 31.2 Å². The van der Waals surface area contributed by atoms with Crippen LogP contribution in [-0.2, 0) is 9.53 Å². The third kappa shape index (κ3) is 7.20. The predicted molar refractivity (Wildman–Crippen MR) is 81.7 cm³/mol. The third-order valence-corrected chi connectivity index (χ3v) is 3.12. The summed E-state index contributed by atoms with van der Waals surface area (Å²) < 4.78 is 23.4. The number of carbonyl (C=O) groups is 2. The lowest BCUT2D eigenvalue weighted by Gasteiger charge is -2.09. The molecule has 0 fully saturated rings. The van der Waals surface area contributed by atoms with Crippen LogP contribution in [0, 0.1) is 0 Å². The highest BCUT2D eigenvalue weighted by Gasteiger charge is 2.12. The van der Waals surface area contributed by atoms with E-state index in [0.29, 0.717) is 17.7 Å². The van der Waals surface area contributed by atoms with E-state index in [1.807, 2.05) is 0 Å². The molecular weight excluding hydrogens is 287 g/mol. The maximum absolute atomic E-state index is 13.6. The Bertz CT molecular complexity index is 470. The number of rotatable bonds is 9. The first kappa shape index (κ1) is 18.1. The maximum atomic E-state index is 13.6. The van der Waals surface area contributed by atoms with Gasteiger partial charge < -0.3 is 9.47 Å². The average Bonchev–Trinajstić information content (AvgIpc) is 2.49. The van der Waals surface area contributed by atoms with Crippen molar-refractivity contribution in [2.24, 2.45) is 0 Å². The SMILES string of the molecule is CCCCCCC(F)COC(=O)c1ccc(OC(C)=O)cc1. The van der Waals surface area contributed by atoms with Crippen LogP contribution in [0.15, 0.2) is 24.3 Å². The molecule has 0 saturated heterocycles. The van der Waals surface area contributed by atoms with Gasteiger partial charge >= 0.3 is 11.9 Å². The highest BCUT2D eigenvalue weighted by Crippen LogP contribution is 2.14. The molecule has 122 valence electrons. The van der Waals surface area contributed by atoms with Gasteiger partial charge in [-0.25, -0.2) is 9.18 Å². The molecule has 0 aliphatic carbocycles. The molecule has 0 aromatic heterocycles. The molecule has 0 aliphatic heterocycles. The van der Waals surface area contributed by atoms with Gasteiger partial charge in [0.15, 0.2) is 0 Å². The molecule has 0 spiro atoms. The second-order valence-corrected chi connectivity index (χ2v) is 5.16. The summed E-state index contributed by atoms with van der Waals surface area (Å²) in [6.45, 7) is 3.17. The number of carbonyl (C=O) groups excluding carboxylic acids is 2. The summed E-state index contributed by atoms with van der Waals surface area (Å²) in [7, 11) is 0. The van der Waals surface area contributed by atoms with Gasteiger partial charge in [-0.15, -0.1) is 0 Å². The van der Waals surface area contributed by atoms with Crippen molar-refractivity contribution >= 4 is 11.9 Å². The van der Waals surface area contributed by atoms with Crippen LogP contribution in [0.5, 0.6) is 5.75 Å². The van der Waals surface area contributed by atoms with E-state index >= 15 is 0 Å². The number of esters is 2. The smallest absolute Gasteiger partial charge is 0.338 e. The standard InChI is InChI=1S/C17H23FO4/c1-3-4-5-6-7-15(18)12-21-17(20)14-8-10-16(11-9-14)22-13(2)19/h8-11,15H,3-7,12H2,1-2H3. The number of unbranched alkanes of at least 4 members (excludes halogenated alkanes) is 3. The summed E-state index contributed by atoms with van der Waals surface area (Å²) >= 11 is 0. The number of hydrogen-bond donors (Lipinski definition) is 0. The summed E-state index contributed by atoms with van der Waals surface area (Å²) in [6, 6.07) is 5.95. The molecule has 1 unspecified atom stereocenters. The van der Waals surface area contributed by atoms with Crippen LogP contribution in [0.2, 0.25) is 0 Å². The zero-order chi connectivity index (χ0) is 16.4. The fourth-order valence-electron chi connectivity index (χ4n) is 1.95. The van der Waals surface area contributed by atoms with Crippen molar-refractivity contribution < 1.29 is 23.5 Å². The van der Waals surface area contributed by atoms with E-state index in [0.717, 1.165) is 25.7 Å². The molecular formula is C17H23FO4. The van der Waals surface area contributed by atoms with Crippen molar-refractivity contribution in [1.82, 2.24) is 0 Å². The van der Waals surface area contributed by atoms with Crippen molar-refractivity contribution in [1.29, 1.82) is 0 Å². The van der Waals surface area contributed by atoms with Crippen molar-refractivity contribution in [2.45, 2.75) is 52.1 Å². The second kappa shape index (κ2) is 9.92. The lowest BCUT2D eigenvalue weighted by atomic mass is 10.1. The number of ether oxygens (including phenoxy) is 2. The Labute approximate surface area is 130 Å². The Morgan fingerprint density at radius 1 is 1.14 bits per heavy atom. The average molecular weight is 310 g/mol. The molecule has 0 amide bonds. The van der Waals surface area contributed by atoms with Crippen LogP contribution in [0.3, 0.4) is 0 Å². The molecule has 22 heavy (non-hydrogen) atoms. The molecule has 0 saturated carbocycles. The van der Waals surface area contributed by atoms with Crippen LogP contribution in [-0.4, -0.2) is 24.7 Å². The monoisotopic (exact) mass is 310 g/mol. The number of benzene rings is 1. The van der Waals surface area contributed by atoms with Crippen molar-refractivity contribution in [2.75, 3.05) is 6.61 Å². The Morgan fingerprint density at radius 2 is 1.82 bits per heavy atom. The van der Waals surface area contributed by atoms with Gasteiger partial charge in [-0.1, -0.05) is 32.6 Å². The van der Waals surface area contributed by atoms with E-state index in [4.69, 9.17) is 9.47 Å². The van der Waals surface area contributed by atoms with Gasteiger partial charge in [0.2, 0.25) is 0 Å². The van der Waals surface area contributed by atoms with E-state index in [2.05, 4.69) is 6.92 Å². The zero-order valence-corrected chi connectivity index (χ0v) is 13.1. The van der Waals surface area contributed by atoms with E-state index in [-0.39, 0.29) is 6.61 Å². The van der Waals surface area contributed by atoms with Crippen LogP contribution >= 0.6 is 0 Å². The second-order valence-electron chi connectivity index (χ2n) is 5.16. The minimum absolute atomic E-state index is 0.226. The first-order chi connectivity index (χ1) is 10.5. The molecule has 0 bridgehead atoms. The van der Waals surface area contributed by atoms with Gasteiger partial charge in [-0.2, -0.15) is 0 Å². The van der Waals surface area contributed by atoms with Crippen LogP contribution in [0.4, 0.5) is 4.39 Å². The van der Waals surface area contributed by atoms with Gasteiger partial charge in [0.1, 0.15) is 18.5 Å². The minimum Gasteiger partial charge on any atom is -0.459 e. The molecule has 5 heteroatoms. The lowest BCUT2D eigenvalue weighted by Crippen LogP contribution is -2.15. The molecule has 0 heterocycles. The number of halogens is 1. The highest BCUT2D eigenvalue weighted by atomic mass is 19.1. The zero-order valence-electron chi connectivity index (χ0n) is 13.1. The van der Waals surface area contributed by atoms with E-state index < -0.39 is 18.1 Å². The molecule has 1 aromatic rings. The number of alkyl halides is 1. The van der Waals surface area contributed by atoms with Gasteiger partial charge in [-0.05, 0) is 30.7 Å². The number of hydrogen-bond acceptors (Lipinski definition) is 4. The fraction of sp³-hybridized carbons (Fsp3) is 0.529. The minimum atomic E-state index is -1.12. The predicted octanol–water partition coefficient (Wildman–Crippen LogP) is 4.08. The molecule has 0 radical (unpaired) electrons. The summed E-state index contributed by atoms with van der Waals surface area (Å²) in [5.41, 5.74) is 0.300. The topological polar surface area (TPSA) is 52.6 Å². The van der Waals surface area contributed by atoms with Crippen LogP contribution in [0.25, 0.3) is 0 Å². The summed E-state index contributed by atoms with van der Waals surface area (Å²) in [5.74, 6) is -0.660. The van der Waals surface area contributed by atoms with Gasteiger partial charge in [0.25, 0.3) is 0 Å². The summed E-state index contributed by atoms with van der Waals surface area (Å²) in [6.07, 6.45) is 3.31. The molecule has 0 aliphatic rings. The molecule has 1 atom stereocenters. The Hall–Kier alpha value is -1.91. The molecule has 1 rings (SSSR count). The molecule has 4 nitrogen and oxygen atoms in total. The summed E-state index contributed by atoms with van der Waals surface area (Å²) in [4.78, 5) is 22.5. The van der Waals surface area contributed by atoms with Crippen molar-refractivity contribution in [3.63, 3.8) is 0 Å². The first-order valence-corrected chi connectivity index (χ1v) is 7.62. The Kier molecular flexibility index (Phi) is 8.18. The van der Waals surface area contributed by atoms with Crippen molar-refractivity contribution in [3.05, 3.63) is 29.8 Å². The molecule has 0 N–H and O–H groups in total. The van der Waals surface area contributed by atoms with Crippen molar-refractivity contribution in [3.8, 4) is 5.75 Å². The normalized spacial score (nSPS) is 11.8. The first-order valence-electron chi connectivity index (χ1n) is 7.62. The Morgan fingerprint density at radius 3 is 2.41 bits per heavy atom. The Balaban J connectivity index is 2.34. The third-order valence-electron chi connectivity index (χ3n) is 3.12. The quantitative estimate of drug-likeness (QED) is 0.392. The summed E-state index contributed by atoms with van der Waals surface area (Å²) in [5, 5.41) is 0. The maximum Gasteiger partial charge on any atom is 0.338 e. The largest absolute Gasteiger partial charge is 0.459 e. The van der Waals surface area contributed by atoms with E-state index in [9.17, 15) is 14.0 Å². The van der Waals surface area contributed by atoms with Gasteiger partial charge in [0.05, 0.1) is 5.56 Å². The van der Waals surface area contributed by atoms with Gasteiger partial charge in [0, 0.05) is 6.92 Å². The van der Waals surface area contributed by atoms with E-state index in [1.54, 1.807) is 0 Å². The molecule has 1 aromatic carbocycles. The highest BCUT2D eigenvalue weighted by molar-refractivity contribution is 5.89.